The minimum absolute atomic E-state index is 0.0463. The van der Waals surface area contributed by atoms with Gasteiger partial charge in [-0.3, -0.25) is 0 Å². The lowest BCUT2D eigenvalue weighted by Crippen LogP contribution is -2.27. The second-order valence-electron chi connectivity index (χ2n) is 4.42. The van der Waals surface area contributed by atoms with Crippen LogP contribution in [0, 0.1) is 5.82 Å². The molecule has 7 heteroatoms. The van der Waals surface area contributed by atoms with E-state index in [0.29, 0.717) is 5.02 Å². The first kappa shape index (κ1) is 16.2. The van der Waals surface area contributed by atoms with Gasteiger partial charge in [0.1, 0.15) is 5.82 Å². The predicted octanol–water partition coefficient (Wildman–Crippen LogP) is 3.95. The summed E-state index contributed by atoms with van der Waals surface area (Å²) in [6.45, 7) is -0.166. The van der Waals surface area contributed by atoms with Gasteiger partial charge in [-0.25, -0.2) is 12.8 Å². The summed E-state index contributed by atoms with van der Waals surface area (Å²) in [6.07, 6.45) is 0. The van der Waals surface area contributed by atoms with Crippen LogP contribution in [0.25, 0.3) is 0 Å². The van der Waals surface area contributed by atoms with Gasteiger partial charge in [-0.2, -0.15) is 4.31 Å². The van der Waals surface area contributed by atoms with Crippen LogP contribution in [0.2, 0.25) is 10.0 Å². The van der Waals surface area contributed by atoms with Gasteiger partial charge in [0, 0.05) is 29.2 Å². The van der Waals surface area contributed by atoms with E-state index in [-0.39, 0.29) is 22.0 Å². The highest BCUT2D eigenvalue weighted by molar-refractivity contribution is 7.89. The van der Waals surface area contributed by atoms with Gasteiger partial charge >= 0.3 is 0 Å². The topological polar surface area (TPSA) is 37.4 Å². The molecule has 0 radical (unpaired) electrons. The average molecular weight is 348 g/mol. The first-order chi connectivity index (χ1) is 9.82. The summed E-state index contributed by atoms with van der Waals surface area (Å²) in [5.41, 5.74) is 0.132. The Morgan fingerprint density at radius 3 is 2.43 bits per heavy atom. The van der Waals surface area contributed by atoms with Crippen molar-refractivity contribution >= 4 is 33.2 Å². The molecule has 0 N–H and O–H groups in total. The molecule has 0 aliphatic carbocycles. The summed E-state index contributed by atoms with van der Waals surface area (Å²) in [7, 11) is -2.41. The van der Waals surface area contributed by atoms with Gasteiger partial charge in [-0.15, -0.1) is 0 Å². The summed E-state index contributed by atoms with van der Waals surface area (Å²) in [4.78, 5) is 0.0463. The second kappa shape index (κ2) is 6.32. The normalized spacial score (nSPS) is 11.9. The van der Waals surface area contributed by atoms with Crippen molar-refractivity contribution in [2.24, 2.45) is 0 Å². The van der Waals surface area contributed by atoms with Gasteiger partial charge in [0.25, 0.3) is 0 Å². The monoisotopic (exact) mass is 347 g/mol. The third kappa shape index (κ3) is 3.55. The SMILES string of the molecule is CN(Cc1c(F)cccc1Cl)S(=O)(=O)c1cccc(Cl)c1. The van der Waals surface area contributed by atoms with E-state index in [4.69, 9.17) is 23.2 Å². The maximum absolute atomic E-state index is 13.7. The molecule has 0 aromatic heterocycles. The van der Waals surface area contributed by atoms with Crippen LogP contribution in [0.1, 0.15) is 5.56 Å². The number of hydrogen-bond donors (Lipinski definition) is 0. The number of hydrogen-bond acceptors (Lipinski definition) is 2. The van der Waals surface area contributed by atoms with Crippen LogP contribution in [-0.2, 0) is 16.6 Å². The summed E-state index contributed by atoms with van der Waals surface area (Å²) >= 11 is 11.7. The molecule has 0 bridgehead atoms. The van der Waals surface area contributed by atoms with Crippen molar-refractivity contribution < 1.29 is 12.8 Å². The average Bonchev–Trinajstić information content (AvgIpc) is 2.42. The van der Waals surface area contributed by atoms with Crippen LogP contribution in [0.5, 0.6) is 0 Å². The first-order valence-electron chi connectivity index (χ1n) is 5.97. The molecule has 0 saturated heterocycles. The minimum Gasteiger partial charge on any atom is -0.207 e. The van der Waals surface area contributed by atoms with E-state index < -0.39 is 15.8 Å². The molecule has 2 aromatic carbocycles. The van der Waals surface area contributed by atoms with Gasteiger partial charge in [-0.05, 0) is 30.3 Å². The predicted molar refractivity (Wildman–Crippen MR) is 81.5 cm³/mol. The third-order valence-corrected chi connectivity index (χ3v) is 5.34. The number of sulfonamides is 1. The highest BCUT2D eigenvalue weighted by atomic mass is 35.5. The first-order valence-corrected chi connectivity index (χ1v) is 8.17. The molecule has 0 unspecified atom stereocenters. The molecular formula is C14H12Cl2FNO2S. The standard InChI is InChI=1S/C14H12Cl2FNO2S/c1-18(9-12-13(16)6-3-7-14(12)17)21(19,20)11-5-2-4-10(15)8-11/h2-8H,9H2,1H3. The van der Waals surface area contributed by atoms with Crippen LogP contribution < -0.4 is 0 Å². The van der Waals surface area contributed by atoms with E-state index in [0.717, 1.165) is 4.31 Å². The molecule has 0 saturated carbocycles. The Hall–Kier alpha value is -1.14. The van der Waals surface area contributed by atoms with Crippen molar-refractivity contribution in [1.82, 2.24) is 4.31 Å². The van der Waals surface area contributed by atoms with Gasteiger partial charge < -0.3 is 0 Å². The van der Waals surface area contributed by atoms with Crippen LogP contribution in [-0.4, -0.2) is 19.8 Å². The lowest BCUT2D eigenvalue weighted by molar-refractivity contribution is 0.456. The Balaban J connectivity index is 2.33. The Morgan fingerprint density at radius 2 is 1.81 bits per heavy atom. The van der Waals surface area contributed by atoms with Crippen molar-refractivity contribution in [3.8, 4) is 0 Å². The van der Waals surface area contributed by atoms with Crippen molar-refractivity contribution in [2.75, 3.05) is 7.05 Å². The number of benzene rings is 2. The minimum atomic E-state index is -3.77. The zero-order valence-electron chi connectivity index (χ0n) is 11.1. The fraction of sp³-hybridized carbons (Fsp3) is 0.143. The lowest BCUT2D eigenvalue weighted by Gasteiger charge is -2.18. The molecular weight excluding hydrogens is 336 g/mol. The van der Waals surface area contributed by atoms with E-state index in [1.54, 1.807) is 12.1 Å². The van der Waals surface area contributed by atoms with E-state index >= 15 is 0 Å². The Bertz CT molecular complexity index is 745. The van der Waals surface area contributed by atoms with Crippen molar-refractivity contribution in [3.63, 3.8) is 0 Å². The highest BCUT2D eigenvalue weighted by Gasteiger charge is 2.23. The van der Waals surface area contributed by atoms with Gasteiger partial charge in [0.2, 0.25) is 10.0 Å². The molecule has 0 aliphatic rings. The van der Waals surface area contributed by atoms with Crippen LogP contribution in [0.15, 0.2) is 47.4 Å². The van der Waals surface area contributed by atoms with E-state index in [2.05, 4.69) is 0 Å². The summed E-state index contributed by atoms with van der Waals surface area (Å²) < 4.78 is 39.6. The van der Waals surface area contributed by atoms with Crippen LogP contribution in [0.4, 0.5) is 4.39 Å². The smallest absolute Gasteiger partial charge is 0.207 e. The molecule has 0 heterocycles. The lowest BCUT2D eigenvalue weighted by atomic mass is 10.2. The molecule has 0 amide bonds. The molecule has 2 rings (SSSR count). The number of nitrogens with zero attached hydrogens (tertiary/aromatic N) is 1. The molecule has 3 nitrogen and oxygen atoms in total. The highest BCUT2D eigenvalue weighted by Crippen LogP contribution is 2.24. The van der Waals surface area contributed by atoms with Gasteiger partial charge in [-0.1, -0.05) is 35.3 Å². The van der Waals surface area contributed by atoms with Gasteiger partial charge in [0.05, 0.1) is 4.90 Å². The maximum atomic E-state index is 13.7. The Morgan fingerprint density at radius 1 is 1.14 bits per heavy atom. The van der Waals surface area contributed by atoms with Crippen LogP contribution in [0.3, 0.4) is 0 Å². The molecule has 2 aromatic rings. The van der Waals surface area contributed by atoms with E-state index in [9.17, 15) is 12.8 Å². The number of halogens is 3. The van der Waals surface area contributed by atoms with Crippen molar-refractivity contribution in [3.05, 3.63) is 63.9 Å². The molecule has 21 heavy (non-hydrogen) atoms. The van der Waals surface area contributed by atoms with E-state index in [1.165, 1.54) is 37.4 Å². The molecule has 112 valence electrons. The fourth-order valence-electron chi connectivity index (χ4n) is 1.80. The zero-order valence-corrected chi connectivity index (χ0v) is 13.4. The summed E-state index contributed by atoms with van der Waals surface area (Å²) in [5.74, 6) is -0.546. The maximum Gasteiger partial charge on any atom is 0.243 e. The fourth-order valence-corrected chi connectivity index (χ4v) is 3.46. The van der Waals surface area contributed by atoms with Crippen molar-refractivity contribution in [2.45, 2.75) is 11.4 Å². The van der Waals surface area contributed by atoms with Crippen molar-refractivity contribution in [1.29, 1.82) is 0 Å². The zero-order chi connectivity index (χ0) is 15.6. The number of rotatable bonds is 4. The Labute approximate surface area is 133 Å². The molecule has 0 aliphatic heterocycles. The Kier molecular flexibility index (Phi) is 4.88. The molecule has 0 spiro atoms. The quantitative estimate of drug-likeness (QED) is 0.839. The summed E-state index contributed by atoms with van der Waals surface area (Å²) in [6, 6.07) is 10.1. The molecule has 0 atom stereocenters. The van der Waals surface area contributed by atoms with E-state index in [1.807, 2.05) is 0 Å². The third-order valence-electron chi connectivity index (χ3n) is 2.95. The second-order valence-corrected chi connectivity index (χ2v) is 7.31. The summed E-state index contributed by atoms with van der Waals surface area (Å²) in [5, 5.41) is 0.497. The molecule has 0 fully saturated rings. The largest absolute Gasteiger partial charge is 0.243 e. The van der Waals surface area contributed by atoms with Crippen LogP contribution >= 0.6 is 23.2 Å². The van der Waals surface area contributed by atoms with Gasteiger partial charge in [0.15, 0.2) is 0 Å².